The molecule has 3 aromatic rings. The van der Waals surface area contributed by atoms with Gasteiger partial charge >= 0.3 is 6.09 Å². The molecule has 2 heterocycles. The zero-order valence-corrected chi connectivity index (χ0v) is 23.4. The van der Waals surface area contributed by atoms with Crippen molar-refractivity contribution in [2.24, 2.45) is 11.8 Å². The highest BCUT2D eigenvalue weighted by atomic mass is 19.1. The maximum atomic E-state index is 13.9. The Labute approximate surface area is 236 Å². The van der Waals surface area contributed by atoms with Crippen molar-refractivity contribution in [2.75, 3.05) is 33.0 Å². The highest BCUT2D eigenvalue weighted by Gasteiger charge is 2.25. The molecule has 1 aliphatic rings. The van der Waals surface area contributed by atoms with E-state index < -0.39 is 23.5 Å². The number of fused-ring (bicyclic) bond motifs is 1. The van der Waals surface area contributed by atoms with Crippen molar-refractivity contribution in [1.82, 2.24) is 23.9 Å². The molecule has 0 bridgehead atoms. The summed E-state index contributed by atoms with van der Waals surface area (Å²) in [5, 5.41) is 12.7. The van der Waals surface area contributed by atoms with Gasteiger partial charge in [0.05, 0.1) is 12.5 Å². The van der Waals surface area contributed by atoms with Crippen LogP contribution in [0.2, 0.25) is 0 Å². The summed E-state index contributed by atoms with van der Waals surface area (Å²) in [6.45, 7) is 0.875. The van der Waals surface area contributed by atoms with Gasteiger partial charge in [-0.2, -0.15) is 0 Å². The minimum absolute atomic E-state index is 0.102. The number of carbonyl (C=O) groups excluding carboxylic acids is 2. The van der Waals surface area contributed by atoms with Gasteiger partial charge in [-0.05, 0) is 61.9 Å². The number of benzene rings is 1. The Hall–Kier alpha value is -4.48. The van der Waals surface area contributed by atoms with Crippen molar-refractivity contribution in [3.63, 3.8) is 0 Å². The first-order chi connectivity index (χ1) is 19.5. The molecular weight excluding hydrogens is 531 g/mol. The van der Waals surface area contributed by atoms with Crippen LogP contribution in [-0.2, 0) is 22.7 Å². The van der Waals surface area contributed by atoms with Gasteiger partial charge in [0.25, 0.3) is 5.56 Å². The zero-order chi connectivity index (χ0) is 29.7. The van der Waals surface area contributed by atoms with E-state index in [0.29, 0.717) is 12.3 Å². The monoisotopic (exact) mass is 566 g/mol. The quantitative estimate of drug-likeness (QED) is 0.324. The molecule has 218 valence electrons. The largest absolute Gasteiger partial charge is 0.465 e. The maximum Gasteiger partial charge on any atom is 0.407 e. The van der Waals surface area contributed by atoms with E-state index in [1.165, 1.54) is 47.1 Å². The van der Waals surface area contributed by atoms with E-state index in [1.807, 2.05) is 6.07 Å². The van der Waals surface area contributed by atoms with E-state index in [0.717, 1.165) is 40.9 Å². The number of aromatic nitrogens is 3. The smallest absolute Gasteiger partial charge is 0.407 e. The van der Waals surface area contributed by atoms with Crippen LogP contribution < -0.4 is 10.9 Å². The van der Waals surface area contributed by atoms with Gasteiger partial charge in [0.2, 0.25) is 11.8 Å². The standard InChI is InChI=1S/C29H35FN6O5/c1-33(2)25(37)7-5-4-6-20(17-34(3)29(40)41)27(38)32-26-28(39)35(13-12-31-26)18-23-15-21-14-22(30)10-11-24(21)36(23)16-19-8-9-19/h5,7,10-15,19-20H,4,6,8-9,16-18H2,1-3H3,(H,40,41)(H,31,32,38)/b7-5+/t20-/m0/s1. The second kappa shape index (κ2) is 12.8. The van der Waals surface area contributed by atoms with Crippen LogP contribution in [0.25, 0.3) is 10.9 Å². The van der Waals surface area contributed by atoms with E-state index in [2.05, 4.69) is 14.9 Å². The lowest BCUT2D eigenvalue weighted by molar-refractivity contribution is -0.123. The summed E-state index contributed by atoms with van der Waals surface area (Å²) < 4.78 is 17.5. The lowest BCUT2D eigenvalue weighted by Gasteiger charge is -2.21. The minimum Gasteiger partial charge on any atom is -0.465 e. The molecule has 1 aromatic carbocycles. The van der Waals surface area contributed by atoms with Crippen molar-refractivity contribution >= 4 is 34.6 Å². The van der Waals surface area contributed by atoms with Gasteiger partial charge in [0.1, 0.15) is 5.82 Å². The van der Waals surface area contributed by atoms with Crippen molar-refractivity contribution in [3.05, 3.63) is 70.7 Å². The summed E-state index contributed by atoms with van der Waals surface area (Å²) in [5.41, 5.74) is 1.22. The van der Waals surface area contributed by atoms with Gasteiger partial charge in [-0.1, -0.05) is 6.08 Å². The summed E-state index contributed by atoms with van der Waals surface area (Å²) in [5.74, 6) is -1.50. The fourth-order valence-electron chi connectivity index (χ4n) is 4.60. The maximum absolute atomic E-state index is 13.9. The molecule has 0 aliphatic heterocycles. The molecule has 1 aliphatic carbocycles. The molecule has 4 rings (SSSR count). The molecule has 1 atom stereocenters. The number of hydrogen-bond donors (Lipinski definition) is 2. The Bertz CT molecular complexity index is 1520. The van der Waals surface area contributed by atoms with Crippen LogP contribution in [0.4, 0.5) is 15.0 Å². The van der Waals surface area contributed by atoms with Crippen LogP contribution in [0, 0.1) is 17.7 Å². The first-order valence-electron chi connectivity index (χ1n) is 13.5. The summed E-state index contributed by atoms with van der Waals surface area (Å²) in [4.78, 5) is 56.2. The summed E-state index contributed by atoms with van der Waals surface area (Å²) in [7, 11) is 4.60. The third kappa shape index (κ3) is 7.59. The number of likely N-dealkylation sites (N-methyl/N-ethyl adjacent to an activating group) is 1. The van der Waals surface area contributed by atoms with Crippen LogP contribution in [0.1, 0.15) is 31.4 Å². The number of nitrogens with zero attached hydrogens (tertiary/aromatic N) is 5. The predicted octanol–water partition coefficient (Wildman–Crippen LogP) is 3.38. The third-order valence-corrected chi connectivity index (χ3v) is 7.15. The molecule has 12 heteroatoms. The number of carboxylic acid groups (broad SMARTS) is 1. The van der Waals surface area contributed by atoms with Gasteiger partial charge in [0.15, 0.2) is 5.82 Å². The van der Waals surface area contributed by atoms with Crippen LogP contribution in [0.15, 0.2) is 53.6 Å². The number of nitrogens with one attached hydrogen (secondary N) is 1. The number of halogens is 1. The fraction of sp³-hybridized carbons (Fsp3) is 0.414. The minimum atomic E-state index is -1.19. The number of anilines is 1. The molecular formula is C29H35FN6O5. The molecule has 3 amide bonds. The first-order valence-corrected chi connectivity index (χ1v) is 13.5. The molecule has 0 unspecified atom stereocenters. The lowest BCUT2D eigenvalue weighted by atomic mass is 10.0. The Morgan fingerprint density at radius 3 is 2.66 bits per heavy atom. The number of amides is 3. The number of rotatable bonds is 12. The number of carbonyl (C=O) groups is 3. The van der Waals surface area contributed by atoms with Crippen molar-refractivity contribution in [1.29, 1.82) is 0 Å². The molecule has 11 nitrogen and oxygen atoms in total. The van der Waals surface area contributed by atoms with Crippen molar-refractivity contribution in [3.8, 4) is 0 Å². The van der Waals surface area contributed by atoms with Gasteiger partial charge in [0, 0.05) is 63.2 Å². The molecule has 1 fully saturated rings. The molecule has 0 saturated heterocycles. The predicted molar refractivity (Wildman–Crippen MR) is 152 cm³/mol. The fourth-order valence-corrected chi connectivity index (χ4v) is 4.60. The normalized spacial score (nSPS) is 13.9. The van der Waals surface area contributed by atoms with Gasteiger partial charge in [-0.3, -0.25) is 14.4 Å². The average molecular weight is 567 g/mol. The Kier molecular flexibility index (Phi) is 9.21. The zero-order valence-electron chi connectivity index (χ0n) is 23.4. The third-order valence-electron chi connectivity index (χ3n) is 7.15. The van der Waals surface area contributed by atoms with E-state index in [-0.39, 0.29) is 37.1 Å². The van der Waals surface area contributed by atoms with Crippen LogP contribution in [-0.4, -0.2) is 74.6 Å². The van der Waals surface area contributed by atoms with E-state index in [1.54, 1.807) is 26.2 Å². The number of hydrogen-bond acceptors (Lipinski definition) is 5. The van der Waals surface area contributed by atoms with Gasteiger partial charge < -0.3 is 29.4 Å². The van der Waals surface area contributed by atoms with Gasteiger partial charge in [-0.15, -0.1) is 0 Å². The molecule has 2 N–H and O–H groups in total. The van der Waals surface area contributed by atoms with E-state index in [4.69, 9.17) is 0 Å². The topological polar surface area (TPSA) is 130 Å². The Morgan fingerprint density at radius 1 is 1.22 bits per heavy atom. The first kappa shape index (κ1) is 29.5. The van der Waals surface area contributed by atoms with Crippen molar-refractivity contribution in [2.45, 2.75) is 38.8 Å². The second-order valence-corrected chi connectivity index (χ2v) is 10.7. The van der Waals surface area contributed by atoms with Crippen LogP contribution in [0.3, 0.4) is 0 Å². The highest BCUT2D eigenvalue weighted by Crippen LogP contribution is 2.33. The Morgan fingerprint density at radius 2 is 1.98 bits per heavy atom. The van der Waals surface area contributed by atoms with E-state index >= 15 is 0 Å². The summed E-state index contributed by atoms with van der Waals surface area (Å²) in [6.07, 6.45) is 7.63. The Balaban J connectivity index is 1.53. The molecule has 41 heavy (non-hydrogen) atoms. The van der Waals surface area contributed by atoms with Gasteiger partial charge in [-0.25, -0.2) is 14.2 Å². The number of allylic oxidation sites excluding steroid dienone is 1. The van der Waals surface area contributed by atoms with Crippen LogP contribution >= 0.6 is 0 Å². The summed E-state index contributed by atoms with van der Waals surface area (Å²) >= 11 is 0. The molecule has 2 aromatic heterocycles. The lowest BCUT2D eigenvalue weighted by Crippen LogP contribution is -2.38. The molecule has 1 saturated carbocycles. The second-order valence-electron chi connectivity index (χ2n) is 10.7. The average Bonchev–Trinajstić information content (AvgIpc) is 3.68. The molecule has 0 spiro atoms. The molecule has 0 radical (unpaired) electrons. The van der Waals surface area contributed by atoms with E-state index in [9.17, 15) is 28.7 Å². The van der Waals surface area contributed by atoms with Crippen molar-refractivity contribution < 1.29 is 23.9 Å². The SMILES string of the molecule is CN(C)C(=O)/C=C/CC[C@@H](CN(C)C(=O)O)C(=O)Nc1nccn(Cc2cc3cc(F)ccc3n2CC2CC2)c1=O. The highest BCUT2D eigenvalue weighted by molar-refractivity contribution is 5.92. The summed E-state index contributed by atoms with van der Waals surface area (Å²) in [6, 6.07) is 6.52. The van der Waals surface area contributed by atoms with Crippen LogP contribution in [0.5, 0.6) is 0 Å².